The van der Waals surface area contributed by atoms with Gasteiger partial charge in [0.05, 0.1) is 10.7 Å². The van der Waals surface area contributed by atoms with Gasteiger partial charge in [-0.15, -0.1) is 5.10 Å². The molecule has 0 atom stereocenters. The van der Waals surface area contributed by atoms with Crippen molar-refractivity contribution in [3.05, 3.63) is 86.9 Å². The van der Waals surface area contributed by atoms with E-state index in [1.807, 2.05) is 36.1 Å². The first-order chi connectivity index (χ1) is 14.4. The second-order valence-electron chi connectivity index (χ2n) is 7.19. The van der Waals surface area contributed by atoms with E-state index in [-0.39, 0.29) is 16.5 Å². The monoisotopic (exact) mass is 426 g/mol. The fourth-order valence-corrected chi connectivity index (χ4v) is 3.57. The number of aromatic nitrogens is 2. The maximum absolute atomic E-state index is 13.4. The molecule has 1 aliphatic rings. The van der Waals surface area contributed by atoms with E-state index in [9.17, 15) is 14.0 Å². The molecule has 1 fully saturated rings. The number of anilines is 1. The summed E-state index contributed by atoms with van der Waals surface area (Å²) in [5.74, 6) is -0.0611. The average molecular weight is 427 g/mol. The number of carbonyl (C=O) groups is 1. The molecule has 1 saturated heterocycles. The van der Waals surface area contributed by atoms with Crippen molar-refractivity contribution >= 4 is 23.3 Å². The van der Waals surface area contributed by atoms with Crippen molar-refractivity contribution in [3.63, 3.8) is 0 Å². The van der Waals surface area contributed by atoms with E-state index in [1.54, 1.807) is 11.0 Å². The number of rotatable bonds is 3. The first-order valence-electron chi connectivity index (χ1n) is 9.59. The van der Waals surface area contributed by atoms with Gasteiger partial charge in [-0.3, -0.25) is 9.59 Å². The molecule has 0 N–H and O–H groups in total. The van der Waals surface area contributed by atoms with Crippen LogP contribution in [0, 0.1) is 12.7 Å². The Bertz CT molecular complexity index is 1140. The number of nitrogens with zero attached hydrogens (tertiary/aromatic N) is 4. The Kier molecular flexibility index (Phi) is 5.55. The van der Waals surface area contributed by atoms with Gasteiger partial charge in [-0.1, -0.05) is 29.3 Å². The van der Waals surface area contributed by atoms with Crippen molar-refractivity contribution < 1.29 is 9.18 Å². The third kappa shape index (κ3) is 4.07. The highest BCUT2D eigenvalue weighted by molar-refractivity contribution is 6.31. The van der Waals surface area contributed by atoms with Crippen molar-refractivity contribution in [1.29, 1.82) is 0 Å². The van der Waals surface area contributed by atoms with E-state index < -0.39 is 5.82 Å². The number of halogens is 2. The largest absolute Gasteiger partial charge is 0.352 e. The lowest BCUT2D eigenvalue weighted by atomic mass is 10.1. The number of amides is 1. The van der Waals surface area contributed by atoms with Gasteiger partial charge in [-0.25, -0.2) is 4.39 Å². The van der Waals surface area contributed by atoms with E-state index >= 15 is 0 Å². The second kappa shape index (κ2) is 8.28. The maximum atomic E-state index is 13.4. The summed E-state index contributed by atoms with van der Waals surface area (Å²) >= 11 is 5.80. The fourth-order valence-electron chi connectivity index (χ4n) is 3.39. The van der Waals surface area contributed by atoms with Gasteiger partial charge in [-0.2, -0.15) is 4.68 Å². The normalized spacial score (nSPS) is 14.1. The number of piperazine rings is 1. The molecule has 8 heteroatoms. The zero-order chi connectivity index (χ0) is 21.3. The van der Waals surface area contributed by atoms with Crippen LogP contribution in [-0.4, -0.2) is 46.8 Å². The molecule has 6 nitrogen and oxygen atoms in total. The van der Waals surface area contributed by atoms with Crippen LogP contribution in [0.1, 0.15) is 15.9 Å². The number of hydrogen-bond donors (Lipinski definition) is 0. The molecule has 2 heterocycles. The minimum atomic E-state index is -0.548. The van der Waals surface area contributed by atoms with E-state index in [0.717, 1.165) is 5.56 Å². The number of carbonyl (C=O) groups excluding carboxylic acids is 1. The zero-order valence-electron chi connectivity index (χ0n) is 16.4. The molecule has 1 amide bonds. The van der Waals surface area contributed by atoms with Gasteiger partial charge in [-0.05, 0) is 43.3 Å². The summed E-state index contributed by atoms with van der Waals surface area (Å²) in [4.78, 5) is 28.7. The van der Waals surface area contributed by atoms with Gasteiger partial charge in [0.2, 0.25) is 0 Å². The van der Waals surface area contributed by atoms with Gasteiger partial charge < -0.3 is 9.80 Å². The topological polar surface area (TPSA) is 58.4 Å². The summed E-state index contributed by atoms with van der Waals surface area (Å²) in [6.45, 7) is 4.09. The number of aryl methyl sites for hydroxylation is 1. The Morgan fingerprint density at radius 3 is 2.37 bits per heavy atom. The summed E-state index contributed by atoms with van der Waals surface area (Å²) in [5, 5.41) is 4.45. The van der Waals surface area contributed by atoms with Crippen LogP contribution >= 0.6 is 11.6 Å². The van der Waals surface area contributed by atoms with Crippen LogP contribution in [-0.2, 0) is 0 Å². The molecule has 1 aliphatic heterocycles. The van der Waals surface area contributed by atoms with Crippen LogP contribution in [0.25, 0.3) is 5.69 Å². The Hall–Kier alpha value is -3.19. The number of hydrogen-bond acceptors (Lipinski definition) is 4. The lowest BCUT2D eigenvalue weighted by molar-refractivity contribution is 0.0746. The van der Waals surface area contributed by atoms with Crippen molar-refractivity contribution in [2.24, 2.45) is 0 Å². The van der Waals surface area contributed by atoms with Gasteiger partial charge >= 0.3 is 0 Å². The van der Waals surface area contributed by atoms with Crippen molar-refractivity contribution in [1.82, 2.24) is 14.7 Å². The zero-order valence-corrected chi connectivity index (χ0v) is 17.1. The molecule has 4 rings (SSSR count). The lowest BCUT2D eigenvalue weighted by Gasteiger charge is -2.35. The minimum Gasteiger partial charge on any atom is -0.352 e. The van der Waals surface area contributed by atoms with Crippen molar-refractivity contribution in [2.75, 3.05) is 31.1 Å². The molecule has 154 valence electrons. The molecular weight excluding hydrogens is 407 g/mol. The van der Waals surface area contributed by atoms with Crippen LogP contribution < -0.4 is 10.5 Å². The summed E-state index contributed by atoms with van der Waals surface area (Å²) in [6, 6.07) is 14.8. The average Bonchev–Trinajstić information content (AvgIpc) is 2.76. The van der Waals surface area contributed by atoms with E-state index in [0.29, 0.717) is 43.2 Å². The molecular formula is C22H20ClFN4O2. The van der Waals surface area contributed by atoms with Crippen molar-refractivity contribution in [3.8, 4) is 5.69 Å². The fraction of sp³-hybridized carbons (Fsp3) is 0.227. The van der Waals surface area contributed by atoms with Crippen LogP contribution in [0.5, 0.6) is 0 Å². The highest BCUT2D eigenvalue weighted by Crippen LogP contribution is 2.19. The lowest BCUT2D eigenvalue weighted by Crippen LogP contribution is -2.49. The highest BCUT2D eigenvalue weighted by atomic mass is 35.5. The third-order valence-electron chi connectivity index (χ3n) is 5.12. The highest BCUT2D eigenvalue weighted by Gasteiger charge is 2.24. The second-order valence-corrected chi connectivity index (χ2v) is 7.59. The molecule has 0 saturated carbocycles. The Morgan fingerprint density at radius 1 is 1.00 bits per heavy atom. The third-order valence-corrected chi connectivity index (χ3v) is 5.41. The Morgan fingerprint density at radius 2 is 1.70 bits per heavy atom. The van der Waals surface area contributed by atoms with E-state index in [4.69, 9.17) is 11.6 Å². The first-order valence-corrected chi connectivity index (χ1v) is 9.97. The van der Waals surface area contributed by atoms with Crippen LogP contribution in [0.3, 0.4) is 0 Å². The molecule has 0 aliphatic carbocycles. The number of benzene rings is 2. The van der Waals surface area contributed by atoms with Gasteiger partial charge in [0.1, 0.15) is 11.6 Å². The molecule has 0 spiro atoms. The predicted molar refractivity (Wildman–Crippen MR) is 114 cm³/mol. The molecule has 1 aromatic heterocycles. The molecule has 2 aromatic carbocycles. The summed E-state index contributed by atoms with van der Waals surface area (Å²) < 4.78 is 14.7. The molecule has 3 aromatic rings. The minimum absolute atomic E-state index is 0.0675. The Balaban J connectivity index is 1.48. The SMILES string of the molecule is Cc1ccc(-n2nc(N3CCN(C(=O)c4ccc(F)c(Cl)c4)CC3)ccc2=O)cc1. The van der Waals surface area contributed by atoms with Crippen LogP contribution in [0.4, 0.5) is 10.2 Å². The van der Waals surface area contributed by atoms with Crippen LogP contribution in [0.15, 0.2) is 59.4 Å². The molecule has 30 heavy (non-hydrogen) atoms. The van der Waals surface area contributed by atoms with E-state index in [1.165, 1.54) is 28.9 Å². The predicted octanol–water partition coefficient (Wildman–Crippen LogP) is 3.30. The molecule has 0 bridgehead atoms. The first kappa shape index (κ1) is 20.1. The van der Waals surface area contributed by atoms with Gasteiger partial charge in [0.15, 0.2) is 0 Å². The maximum Gasteiger partial charge on any atom is 0.271 e. The summed E-state index contributed by atoms with van der Waals surface area (Å²) in [7, 11) is 0. The smallest absolute Gasteiger partial charge is 0.271 e. The molecule has 0 unspecified atom stereocenters. The van der Waals surface area contributed by atoms with E-state index in [2.05, 4.69) is 5.10 Å². The van der Waals surface area contributed by atoms with Gasteiger partial charge in [0.25, 0.3) is 11.5 Å². The van der Waals surface area contributed by atoms with Gasteiger partial charge in [0, 0.05) is 37.8 Å². The van der Waals surface area contributed by atoms with Crippen LogP contribution in [0.2, 0.25) is 5.02 Å². The standard InChI is InChI=1S/C22H20ClFN4O2/c1-15-2-5-17(6-3-15)28-21(29)9-8-20(25-28)26-10-12-27(13-11-26)22(30)16-4-7-19(24)18(23)14-16/h2-9,14H,10-13H2,1H3. The van der Waals surface area contributed by atoms with Crippen molar-refractivity contribution in [2.45, 2.75) is 6.92 Å². The summed E-state index contributed by atoms with van der Waals surface area (Å²) in [5.41, 5.74) is 1.96. The Labute approximate surface area is 178 Å². The quantitative estimate of drug-likeness (QED) is 0.644. The summed E-state index contributed by atoms with van der Waals surface area (Å²) in [6.07, 6.45) is 0. The molecule has 0 radical (unpaired) electrons.